The Hall–Kier alpha value is -3.43. The van der Waals surface area contributed by atoms with Crippen molar-refractivity contribution in [2.24, 2.45) is 0 Å². The number of fused-ring (bicyclic) bond motifs is 1. The van der Waals surface area contributed by atoms with Crippen molar-refractivity contribution in [1.82, 2.24) is 9.71 Å². The molecule has 0 atom stereocenters. The van der Waals surface area contributed by atoms with E-state index in [1.807, 2.05) is 30.3 Å². The van der Waals surface area contributed by atoms with Crippen LogP contribution in [0.3, 0.4) is 0 Å². The summed E-state index contributed by atoms with van der Waals surface area (Å²) >= 11 is 0. The maximum absolute atomic E-state index is 13.2. The van der Waals surface area contributed by atoms with E-state index in [4.69, 9.17) is 9.47 Å². The number of carbonyl (C=O) groups excluding carboxylic acids is 1. The number of aromatic nitrogens is 1. The summed E-state index contributed by atoms with van der Waals surface area (Å²) in [6.07, 6.45) is 4.28. The molecule has 31 heavy (non-hydrogen) atoms. The van der Waals surface area contributed by atoms with Gasteiger partial charge in [0.25, 0.3) is 0 Å². The predicted octanol–water partition coefficient (Wildman–Crippen LogP) is 2.92. The van der Waals surface area contributed by atoms with Gasteiger partial charge in [0.05, 0.1) is 26.8 Å². The molecule has 1 heterocycles. The summed E-state index contributed by atoms with van der Waals surface area (Å²) in [5.41, 5.74) is 1.87. The molecule has 0 saturated heterocycles. The summed E-state index contributed by atoms with van der Waals surface area (Å²) in [6, 6.07) is 12.2. The molecular formula is C22H22N2O6S. The van der Waals surface area contributed by atoms with E-state index in [1.165, 1.54) is 39.5 Å². The van der Waals surface area contributed by atoms with Crippen molar-refractivity contribution in [2.45, 2.75) is 11.4 Å². The normalized spacial score (nSPS) is 11.6. The number of carbonyl (C=O) groups is 1. The zero-order valence-corrected chi connectivity index (χ0v) is 18.1. The number of benzene rings is 2. The fourth-order valence-electron chi connectivity index (χ4n) is 3.04. The number of sulfonamides is 1. The SMILES string of the molecule is COC(=O)/C=C/c1cc(OC)c(OC)c(S(=O)(=O)NCc2cccc3cccnc23)c1. The molecule has 3 aromatic rings. The molecule has 1 N–H and O–H groups in total. The quantitative estimate of drug-likeness (QED) is 0.423. The van der Waals surface area contributed by atoms with Crippen LogP contribution in [0.2, 0.25) is 0 Å². The van der Waals surface area contributed by atoms with E-state index >= 15 is 0 Å². The van der Waals surface area contributed by atoms with Crippen LogP contribution in [0.15, 0.2) is 59.6 Å². The van der Waals surface area contributed by atoms with Crippen LogP contribution in [0.1, 0.15) is 11.1 Å². The second-order valence-electron chi connectivity index (χ2n) is 6.43. The Morgan fingerprint density at radius 2 is 1.87 bits per heavy atom. The molecule has 0 unspecified atom stereocenters. The second-order valence-corrected chi connectivity index (χ2v) is 8.16. The summed E-state index contributed by atoms with van der Waals surface area (Å²) in [7, 11) is 0.00793. The molecule has 0 aliphatic carbocycles. The van der Waals surface area contributed by atoms with Crippen molar-refractivity contribution in [2.75, 3.05) is 21.3 Å². The highest BCUT2D eigenvalue weighted by Crippen LogP contribution is 2.36. The Kier molecular flexibility index (Phi) is 6.88. The van der Waals surface area contributed by atoms with Gasteiger partial charge in [-0.05, 0) is 35.4 Å². The average molecular weight is 442 g/mol. The van der Waals surface area contributed by atoms with Crippen LogP contribution >= 0.6 is 0 Å². The number of hydrogen-bond donors (Lipinski definition) is 1. The van der Waals surface area contributed by atoms with E-state index in [-0.39, 0.29) is 22.9 Å². The Labute approximate surface area is 180 Å². The smallest absolute Gasteiger partial charge is 0.330 e. The molecule has 0 spiro atoms. The highest BCUT2D eigenvalue weighted by Gasteiger charge is 2.24. The van der Waals surface area contributed by atoms with Crippen molar-refractivity contribution >= 4 is 33.0 Å². The molecule has 0 saturated carbocycles. The van der Waals surface area contributed by atoms with Crippen LogP contribution < -0.4 is 14.2 Å². The maximum Gasteiger partial charge on any atom is 0.330 e. The van der Waals surface area contributed by atoms with Gasteiger partial charge >= 0.3 is 5.97 Å². The molecule has 162 valence electrons. The van der Waals surface area contributed by atoms with Gasteiger partial charge < -0.3 is 14.2 Å². The monoisotopic (exact) mass is 442 g/mol. The largest absolute Gasteiger partial charge is 0.493 e. The number of hydrogen-bond acceptors (Lipinski definition) is 7. The fourth-order valence-corrected chi connectivity index (χ4v) is 4.26. The molecule has 0 bridgehead atoms. The molecule has 0 amide bonds. The van der Waals surface area contributed by atoms with Gasteiger partial charge in [0, 0.05) is 24.2 Å². The number of pyridine rings is 1. The van der Waals surface area contributed by atoms with E-state index < -0.39 is 16.0 Å². The molecule has 0 aliphatic heterocycles. The zero-order chi connectivity index (χ0) is 22.4. The van der Waals surface area contributed by atoms with Crippen LogP contribution in [0, 0.1) is 0 Å². The minimum Gasteiger partial charge on any atom is -0.493 e. The molecular weight excluding hydrogens is 420 g/mol. The first-order valence-electron chi connectivity index (χ1n) is 9.24. The second kappa shape index (κ2) is 9.59. The summed E-state index contributed by atoms with van der Waals surface area (Å²) in [6.45, 7) is 0.0321. The van der Waals surface area contributed by atoms with Crippen molar-refractivity contribution < 1.29 is 27.4 Å². The van der Waals surface area contributed by atoms with Gasteiger partial charge in [0.15, 0.2) is 11.5 Å². The lowest BCUT2D eigenvalue weighted by molar-refractivity contribution is -0.134. The predicted molar refractivity (Wildman–Crippen MR) is 116 cm³/mol. The molecule has 2 aromatic carbocycles. The van der Waals surface area contributed by atoms with Crippen molar-refractivity contribution in [3.05, 3.63) is 65.9 Å². The topological polar surface area (TPSA) is 104 Å². The number of nitrogens with zero attached hydrogens (tertiary/aromatic N) is 1. The Morgan fingerprint density at radius 1 is 1.10 bits per heavy atom. The fraction of sp³-hybridized carbons (Fsp3) is 0.182. The lowest BCUT2D eigenvalue weighted by Crippen LogP contribution is -2.24. The number of esters is 1. The lowest BCUT2D eigenvalue weighted by Gasteiger charge is -2.15. The van der Waals surface area contributed by atoms with Crippen molar-refractivity contribution in [3.8, 4) is 11.5 Å². The van der Waals surface area contributed by atoms with E-state index in [9.17, 15) is 13.2 Å². The summed E-state index contributed by atoms with van der Waals surface area (Å²) in [4.78, 5) is 15.6. The third kappa shape index (κ3) is 5.01. The highest BCUT2D eigenvalue weighted by molar-refractivity contribution is 7.89. The van der Waals surface area contributed by atoms with E-state index in [0.29, 0.717) is 11.1 Å². The van der Waals surface area contributed by atoms with Crippen LogP contribution in [0.25, 0.3) is 17.0 Å². The summed E-state index contributed by atoms with van der Waals surface area (Å²) < 4.78 is 44.1. The summed E-state index contributed by atoms with van der Waals surface area (Å²) in [5, 5.41) is 0.911. The number of methoxy groups -OCH3 is 3. The minimum absolute atomic E-state index is 0.0321. The third-order valence-electron chi connectivity index (χ3n) is 4.54. The number of ether oxygens (including phenoxy) is 3. The van der Waals surface area contributed by atoms with Crippen molar-refractivity contribution in [1.29, 1.82) is 0 Å². The Bertz CT molecular complexity index is 1230. The van der Waals surface area contributed by atoms with Gasteiger partial charge in [-0.25, -0.2) is 17.9 Å². The molecule has 0 fully saturated rings. The van der Waals surface area contributed by atoms with Gasteiger partial charge in [0.1, 0.15) is 4.90 Å². The number of rotatable bonds is 8. The maximum atomic E-state index is 13.2. The molecule has 1 aromatic heterocycles. The lowest BCUT2D eigenvalue weighted by atomic mass is 10.1. The van der Waals surface area contributed by atoms with Gasteiger partial charge in [-0.1, -0.05) is 24.3 Å². The van der Waals surface area contributed by atoms with Crippen LogP contribution in [-0.2, 0) is 26.1 Å². The standard InChI is InChI=1S/C22H22N2O6S/c1-28-18-12-15(9-10-20(25)29-2)13-19(22(18)30-3)31(26,27)24-14-17-7-4-6-16-8-5-11-23-21(16)17/h4-13,24H,14H2,1-3H3/b10-9+. The van der Waals surface area contributed by atoms with E-state index in [0.717, 1.165) is 10.9 Å². The summed E-state index contributed by atoms with van der Waals surface area (Å²) in [5.74, 6) is -0.302. The first kappa shape index (κ1) is 22.3. The first-order valence-corrected chi connectivity index (χ1v) is 10.7. The molecule has 3 rings (SSSR count). The molecule has 8 nitrogen and oxygen atoms in total. The molecule has 9 heteroatoms. The first-order chi connectivity index (χ1) is 14.9. The van der Waals surface area contributed by atoms with Crippen LogP contribution in [0.5, 0.6) is 11.5 Å². The number of nitrogens with one attached hydrogen (secondary N) is 1. The Morgan fingerprint density at radius 3 is 2.58 bits per heavy atom. The molecule has 0 aliphatic rings. The van der Waals surface area contributed by atoms with Crippen molar-refractivity contribution in [3.63, 3.8) is 0 Å². The van der Waals surface area contributed by atoms with Gasteiger partial charge in [-0.2, -0.15) is 0 Å². The third-order valence-corrected chi connectivity index (χ3v) is 5.95. The minimum atomic E-state index is -4.00. The highest BCUT2D eigenvalue weighted by atomic mass is 32.2. The molecule has 0 radical (unpaired) electrons. The Balaban J connectivity index is 1.98. The average Bonchev–Trinajstić information content (AvgIpc) is 2.80. The van der Waals surface area contributed by atoms with E-state index in [1.54, 1.807) is 12.3 Å². The van der Waals surface area contributed by atoms with Gasteiger partial charge in [-0.3, -0.25) is 4.98 Å². The zero-order valence-electron chi connectivity index (χ0n) is 17.3. The number of para-hydroxylation sites is 1. The van der Waals surface area contributed by atoms with Gasteiger partial charge in [-0.15, -0.1) is 0 Å². The van der Waals surface area contributed by atoms with Gasteiger partial charge in [0.2, 0.25) is 10.0 Å². The van der Waals surface area contributed by atoms with E-state index in [2.05, 4.69) is 14.4 Å². The van der Waals surface area contributed by atoms with Crippen LogP contribution in [-0.4, -0.2) is 40.7 Å². The van der Waals surface area contributed by atoms with Crippen LogP contribution in [0.4, 0.5) is 0 Å².